The van der Waals surface area contributed by atoms with Gasteiger partial charge in [-0.1, -0.05) is 0 Å². The van der Waals surface area contributed by atoms with Gasteiger partial charge in [-0.2, -0.15) is 0 Å². The Kier molecular flexibility index (Phi) is 3.49. The van der Waals surface area contributed by atoms with Crippen molar-refractivity contribution in [3.8, 4) is 0 Å². The lowest BCUT2D eigenvalue weighted by Crippen LogP contribution is -2.42. The Morgan fingerprint density at radius 3 is 3.00 bits per heavy atom. The Balaban J connectivity index is 1.86. The van der Waals surface area contributed by atoms with Gasteiger partial charge in [0, 0.05) is 25.3 Å². The van der Waals surface area contributed by atoms with Crippen molar-refractivity contribution in [1.29, 1.82) is 0 Å². The fourth-order valence-electron chi connectivity index (χ4n) is 2.23. The summed E-state index contributed by atoms with van der Waals surface area (Å²) in [5.41, 5.74) is 1.17. The van der Waals surface area contributed by atoms with Crippen molar-refractivity contribution in [3.05, 3.63) is 24.1 Å². The second-order valence-electron chi connectivity index (χ2n) is 4.94. The fourth-order valence-corrected chi connectivity index (χ4v) is 2.88. The minimum atomic E-state index is -3.23. The summed E-state index contributed by atoms with van der Waals surface area (Å²) in [6.45, 7) is 2.18. The number of fused-ring (bicyclic) bond motifs is 1. The zero-order valence-corrected chi connectivity index (χ0v) is 11.9. The Morgan fingerprint density at radius 2 is 2.30 bits per heavy atom. The van der Waals surface area contributed by atoms with E-state index in [-0.39, 0.29) is 10.9 Å². The molecule has 1 fully saturated rings. The van der Waals surface area contributed by atoms with Crippen LogP contribution in [0.15, 0.2) is 27.5 Å². The molecule has 1 unspecified atom stereocenters. The van der Waals surface area contributed by atoms with Crippen molar-refractivity contribution in [2.24, 2.45) is 0 Å². The van der Waals surface area contributed by atoms with E-state index in [2.05, 4.69) is 10.3 Å². The topological polar surface area (TPSA) is 81.4 Å². The lowest BCUT2D eigenvalue weighted by molar-refractivity contribution is 0.0751. The number of benzene rings is 1. The van der Waals surface area contributed by atoms with Gasteiger partial charge in [0.15, 0.2) is 21.3 Å². The van der Waals surface area contributed by atoms with Crippen molar-refractivity contribution < 1.29 is 17.6 Å². The Hall–Kier alpha value is -1.44. The van der Waals surface area contributed by atoms with Crippen LogP contribution in [0.25, 0.3) is 11.1 Å². The molecule has 1 N–H and O–H groups in total. The highest BCUT2D eigenvalue weighted by atomic mass is 32.2. The first-order valence-corrected chi connectivity index (χ1v) is 8.32. The van der Waals surface area contributed by atoms with Crippen LogP contribution in [0.2, 0.25) is 0 Å². The second kappa shape index (κ2) is 5.16. The average molecular weight is 296 g/mol. The largest absolute Gasteiger partial charge is 0.441 e. The van der Waals surface area contributed by atoms with Crippen LogP contribution in [0, 0.1) is 0 Å². The smallest absolute Gasteiger partial charge is 0.197 e. The van der Waals surface area contributed by atoms with Crippen molar-refractivity contribution >= 4 is 20.9 Å². The Labute approximate surface area is 117 Å². The van der Waals surface area contributed by atoms with Crippen LogP contribution in [-0.2, 0) is 21.0 Å². The summed E-state index contributed by atoms with van der Waals surface area (Å²) >= 11 is 0. The number of oxazole rings is 1. The van der Waals surface area contributed by atoms with Gasteiger partial charge in [0.1, 0.15) is 5.52 Å². The van der Waals surface area contributed by atoms with Gasteiger partial charge in [0.25, 0.3) is 0 Å². The van der Waals surface area contributed by atoms with Gasteiger partial charge >= 0.3 is 0 Å². The van der Waals surface area contributed by atoms with Crippen LogP contribution in [-0.4, -0.2) is 45.5 Å². The van der Waals surface area contributed by atoms with E-state index in [1.165, 1.54) is 12.3 Å². The summed E-state index contributed by atoms with van der Waals surface area (Å²) in [6, 6.07) is 4.91. The molecule has 0 bridgehead atoms. The van der Waals surface area contributed by atoms with Crippen molar-refractivity contribution in [1.82, 2.24) is 10.3 Å². The summed E-state index contributed by atoms with van der Waals surface area (Å²) in [5.74, 6) is 0.591. The molecule has 1 atom stereocenters. The first-order valence-electron chi connectivity index (χ1n) is 6.43. The number of ether oxygens (including phenoxy) is 1. The molecule has 1 saturated heterocycles. The number of morpholine rings is 1. The van der Waals surface area contributed by atoms with Crippen LogP contribution in [0.3, 0.4) is 0 Å². The average Bonchev–Trinajstić information content (AvgIpc) is 2.80. The van der Waals surface area contributed by atoms with Gasteiger partial charge in [0.2, 0.25) is 0 Å². The monoisotopic (exact) mass is 296 g/mol. The number of rotatable bonds is 3. The standard InChI is InChI=1S/C13H16N2O4S/c1-20(16,17)10-2-3-12-11(7-10)15-13(19-12)6-9-8-18-5-4-14-9/h2-3,7,9,14H,4-6,8H2,1H3. The Bertz CT molecular complexity index is 717. The zero-order chi connectivity index (χ0) is 14.2. The van der Waals surface area contributed by atoms with E-state index < -0.39 is 9.84 Å². The SMILES string of the molecule is CS(=O)(=O)c1ccc2oc(CC3COCCN3)nc2c1. The molecule has 2 aromatic rings. The summed E-state index contributed by atoms with van der Waals surface area (Å²) in [7, 11) is -3.23. The molecular weight excluding hydrogens is 280 g/mol. The first kappa shape index (κ1) is 13.5. The normalized spacial score (nSPS) is 20.4. The lowest BCUT2D eigenvalue weighted by Gasteiger charge is -2.22. The van der Waals surface area contributed by atoms with E-state index in [1.807, 2.05) is 0 Å². The van der Waals surface area contributed by atoms with E-state index in [4.69, 9.17) is 9.15 Å². The molecule has 1 aliphatic rings. The fraction of sp³-hybridized carbons (Fsp3) is 0.462. The molecule has 0 radical (unpaired) electrons. The second-order valence-corrected chi connectivity index (χ2v) is 6.96. The van der Waals surface area contributed by atoms with E-state index in [0.717, 1.165) is 13.2 Å². The number of aromatic nitrogens is 1. The van der Waals surface area contributed by atoms with Crippen molar-refractivity contribution in [3.63, 3.8) is 0 Å². The highest BCUT2D eigenvalue weighted by molar-refractivity contribution is 7.90. The molecule has 1 aromatic heterocycles. The van der Waals surface area contributed by atoms with Gasteiger partial charge in [0.05, 0.1) is 18.1 Å². The van der Waals surface area contributed by atoms with Gasteiger partial charge in [-0.15, -0.1) is 0 Å². The molecule has 0 saturated carbocycles. The molecule has 6 nitrogen and oxygen atoms in total. The van der Waals surface area contributed by atoms with Gasteiger partial charge in [-0.05, 0) is 18.2 Å². The number of nitrogens with one attached hydrogen (secondary N) is 1. The van der Waals surface area contributed by atoms with Gasteiger partial charge in [-0.25, -0.2) is 13.4 Å². The van der Waals surface area contributed by atoms with Crippen LogP contribution in [0.1, 0.15) is 5.89 Å². The minimum Gasteiger partial charge on any atom is -0.441 e. The molecule has 0 aliphatic carbocycles. The molecule has 20 heavy (non-hydrogen) atoms. The highest BCUT2D eigenvalue weighted by Crippen LogP contribution is 2.20. The van der Waals surface area contributed by atoms with Gasteiger partial charge in [-0.3, -0.25) is 0 Å². The number of nitrogens with zero attached hydrogens (tertiary/aromatic N) is 1. The van der Waals surface area contributed by atoms with Crippen molar-refractivity contribution in [2.45, 2.75) is 17.4 Å². The summed E-state index contributed by atoms with van der Waals surface area (Å²) in [4.78, 5) is 4.61. The van der Waals surface area contributed by atoms with E-state index in [0.29, 0.717) is 30.0 Å². The quantitative estimate of drug-likeness (QED) is 0.900. The number of sulfone groups is 1. The lowest BCUT2D eigenvalue weighted by atomic mass is 10.2. The predicted molar refractivity (Wildman–Crippen MR) is 73.4 cm³/mol. The van der Waals surface area contributed by atoms with Crippen molar-refractivity contribution in [2.75, 3.05) is 26.0 Å². The molecule has 3 rings (SSSR count). The third-order valence-corrected chi connectivity index (χ3v) is 4.36. The van der Waals surface area contributed by atoms with Crippen LogP contribution >= 0.6 is 0 Å². The van der Waals surface area contributed by atoms with E-state index in [1.54, 1.807) is 12.1 Å². The third-order valence-electron chi connectivity index (χ3n) is 3.25. The summed E-state index contributed by atoms with van der Waals surface area (Å²) in [6.07, 6.45) is 1.81. The molecular formula is C13H16N2O4S. The summed E-state index contributed by atoms with van der Waals surface area (Å²) < 4.78 is 34.0. The van der Waals surface area contributed by atoms with Gasteiger partial charge < -0.3 is 14.5 Å². The molecule has 108 valence electrons. The molecule has 0 spiro atoms. The van der Waals surface area contributed by atoms with E-state index >= 15 is 0 Å². The third kappa shape index (κ3) is 2.84. The number of hydrogen-bond donors (Lipinski definition) is 1. The van der Waals surface area contributed by atoms with Crippen LogP contribution in [0.4, 0.5) is 0 Å². The summed E-state index contributed by atoms with van der Waals surface area (Å²) in [5, 5.41) is 3.33. The maximum atomic E-state index is 11.5. The predicted octanol–water partition coefficient (Wildman–Crippen LogP) is 0.762. The first-order chi connectivity index (χ1) is 9.52. The van der Waals surface area contributed by atoms with Crippen LogP contribution < -0.4 is 5.32 Å². The Morgan fingerprint density at radius 1 is 1.45 bits per heavy atom. The molecule has 2 heterocycles. The van der Waals surface area contributed by atoms with E-state index in [9.17, 15) is 8.42 Å². The van der Waals surface area contributed by atoms with Crippen LogP contribution in [0.5, 0.6) is 0 Å². The minimum absolute atomic E-state index is 0.186. The zero-order valence-electron chi connectivity index (χ0n) is 11.1. The molecule has 1 aliphatic heterocycles. The number of hydrogen-bond acceptors (Lipinski definition) is 6. The molecule has 1 aromatic carbocycles. The highest BCUT2D eigenvalue weighted by Gasteiger charge is 2.17. The maximum Gasteiger partial charge on any atom is 0.197 e. The molecule has 0 amide bonds. The molecule has 7 heteroatoms. The maximum absolute atomic E-state index is 11.5.